The SMILES string of the molecule is CCCCCCCCC=CCCCCCCCCC1=NC(C(C)N)CN1. The summed E-state index contributed by atoms with van der Waals surface area (Å²) in [6.45, 7) is 5.26. The third kappa shape index (κ3) is 12.5. The van der Waals surface area contributed by atoms with Crippen molar-refractivity contribution < 1.29 is 0 Å². The van der Waals surface area contributed by atoms with Gasteiger partial charge in [-0.05, 0) is 39.0 Å². The number of rotatable bonds is 17. The Hall–Kier alpha value is -0.830. The summed E-state index contributed by atoms with van der Waals surface area (Å²) in [6, 6.07) is 0.457. The van der Waals surface area contributed by atoms with Crippen molar-refractivity contribution in [1.29, 1.82) is 0 Å². The largest absolute Gasteiger partial charge is 0.372 e. The molecule has 1 heterocycles. The predicted octanol–water partition coefficient (Wildman–Crippen LogP) is 6.13. The highest BCUT2D eigenvalue weighted by molar-refractivity contribution is 5.83. The number of allylic oxidation sites excluding steroid dienone is 2. The molecule has 0 fully saturated rings. The van der Waals surface area contributed by atoms with Crippen molar-refractivity contribution >= 4 is 5.84 Å². The topological polar surface area (TPSA) is 50.4 Å². The van der Waals surface area contributed by atoms with Crippen LogP contribution in [0.5, 0.6) is 0 Å². The van der Waals surface area contributed by atoms with Crippen LogP contribution < -0.4 is 11.1 Å². The molecule has 26 heavy (non-hydrogen) atoms. The number of aliphatic imine (C=N–C) groups is 1. The van der Waals surface area contributed by atoms with Crippen molar-refractivity contribution in [1.82, 2.24) is 5.32 Å². The highest BCUT2D eigenvalue weighted by Crippen LogP contribution is 2.12. The fourth-order valence-corrected chi connectivity index (χ4v) is 3.51. The summed E-state index contributed by atoms with van der Waals surface area (Å²) in [7, 11) is 0. The molecule has 0 saturated heterocycles. The van der Waals surface area contributed by atoms with E-state index in [1.807, 2.05) is 6.92 Å². The van der Waals surface area contributed by atoms with E-state index < -0.39 is 0 Å². The molecule has 3 nitrogen and oxygen atoms in total. The lowest BCUT2D eigenvalue weighted by molar-refractivity contribution is 0.580. The van der Waals surface area contributed by atoms with Gasteiger partial charge in [0.05, 0.1) is 11.9 Å². The van der Waals surface area contributed by atoms with Crippen LogP contribution in [0, 0.1) is 0 Å². The molecule has 0 aromatic heterocycles. The maximum atomic E-state index is 5.90. The van der Waals surface area contributed by atoms with Gasteiger partial charge in [-0.15, -0.1) is 0 Å². The Morgan fingerprint density at radius 3 is 2.00 bits per heavy atom. The number of nitrogens with zero attached hydrogens (tertiary/aromatic N) is 1. The third-order valence-corrected chi connectivity index (χ3v) is 5.37. The standard InChI is InChI=1S/C23H45N3/c1-3-4-5-6-7-8-9-10-11-12-13-14-15-16-17-18-19-23-25-20-22(26-23)21(2)24/h10-11,21-22H,3-9,12-20,24H2,1-2H3,(H,25,26). The molecule has 2 atom stereocenters. The van der Waals surface area contributed by atoms with Gasteiger partial charge in [0, 0.05) is 19.0 Å². The molecular formula is C23H45N3. The van der Waals surface area contributed by atoms with Gasteiger partial charge in [0.2, 0.25) is 0 Å². The smallest absolute Gasteiger partial charge is 0.0968 e. The maximum Gasteiger partial charge on any atom is 0.0968 e. The molecule has 0 aliphatic carbocycles. The van der Waals surface area contributed by atoms with Gasteiger partial charge in [-0.25, -0.2) is 0 Å². The summed E-state index contributed by atoms with van der Waals surface area (Å²) >= 11 is 0. The van der Waals surface area contributed by atoms with Crippen LogP contribution in [-0.2, 0) is 0 Å². The number of unbranched alkanes of at least 4 members (excludes halogenated alkanes) is 12. The quantitative estimate of drug-likeness (QED) is 0.241. The summed E-state index contributed by atoms with van der Waals surface area (Å²) in [5.41, 5.74) is 5.90. The molecule has 3 N–H and O–H groups in total. The molecule has 1 aliphatic rings. The Bertz CT molecular complexity index is 374. The van der Waals surface area contributed by atoms with Crippen molar-refractivity contribution in [3.63, 3.8) is 0 Å². The number of hydrogen-bond acceptors (Lipinski definition) is 3. The average molecular weight is 364 g/mol. The summed E-state index contributed by atoms with van der Waals surface area (Å²) in [5, 5.41) is 3.40. The molecule has 0 bridgehead atoms. The van der Waals surface area contributed by atoms with E-state index in [0.717, 1.165) is 13.0 Å². The molecule has 0 amide bonds. The minimum Gasteiger partial charge on any atom is -0.372 e. The average Bonchev–Trinajstić information content (AvgIpc) is 3.10. The van der Waals surface area contributed by atoms with E-state index in [2.05, 4.69) is 29.4 Å². The van der Waals surface area contributed by atoms with Crippen molar-refractivity contribution in [3.05, 3.63) is 12.2 Å². The molecule has 0 spiro atoms. The van der Waals surface area contributed by atoms with Crippen LogP contribution in [0.15, 0.2) is 17.1 Å². The van der Waals surface area contributed by atoms with E-state index in [4.69, 9.17) is 5.73 Å². The zero-order chi connectivity index (χ0) is 18.9. The van der Waals surface area contributed by atoms with Gasteiger partial charge < -0.3 is 11.1 Å². The molecule has 0 radical (unpaired) electrons. The monoisotopic (exact) mass is 363 g/mol. The number of nitrogens with two attached hydrogens (primary N) is 1. The molecule has 0 aromatic rings. The van der Waals surface area contributed by atoms with Crippen LogP contribution in [0.1, 0.15) is 110 Å². The van der Waals surface area contributed by atoms with Gasteiger partial charge >= 0.3 is 0 Å². The third-order valence-electron chi connectivity index (χ3n) is 5.37. The lowest BCUT2D eigenvalue weighted by atomic mass is 10.1. The minimum absolute atomic E-state index is 0.167. The van der Waals surface area contributed by atoms with E-state index in [1.54, 1.807) is 0 Å². The van der Waals surface area contributed by atoms with Crippen LogP contribution in [0.4, 0.5) is 0 Å². The van der Waals surface area contributed by atoms with Crippen molar-refractivity contribution in [2.24, 2.45) is 10.7 Å². The Balaban J connectivity index is 1.80. The van der Waals surface area contributed by atoms with Gasteiger partial charge in [-0.2, -0.15) is 0 Å². The van der Waals surface area contributed by atoms with Gasteiger partial charge in [0.25, 0.3) is 0 Å². The first-order valence-electron chi connectivity index (χ1n) is 11.4. The van der Waals surface area contributed by atoms with Crippen LogP contribution >= 0.6 is 0 Å². The molecule has 1 rings (SSSR count). The van der Waals surface area contributed by atoms with E-state index in [-0.39, 0.29) is 6.04 Å². The van der Waals surface area contributed by atoms with Gasteiger partial charge in [0.15, 0.2) is 0 Å². The van der Waals surface area contributed by atoms with Crippen molar-refractivity contribution in [3.8, 4) is 0 Å². The van der Waals surface area contributed by atoms with Gasteiger partial charge in [0.1, 0.15) is 0 Å². The molecule has 3 heteroatoms. The zero-order valence-electron chi connectivity index (χ0n) is 17.6. The summed E-state index contributed by atoms with van der Waals surface area (Å²) in [5.74, 6) is 1.18. The minimum atomic E-state index is 0.167. The first kappa shape index (κ1) is 23.2. The Kier molecular flexibility index (Phi) is 14.6. The maximum absolute atomic E-state index is 5.90. The molecule has 0 aromatic carbocycles. The summed E-state index contributed by atoms with van der Waals surface area (Å²) in [6.07, 6.45) is 25.0. The van der Waals surface area contributed by atoms with Crippen LogP contribution in [0.25, 0.3) is 0 Å². The second-order valence-corrected chi connectivity index (χ2v) is 8.07. The molecule has 0 saturated carbocycles. The predicted molar refractivity (Wildman–Crippen MR) is 117 cm³/mol. The van der Waals surface area contributed by atoms with E-state index in [9.17, 15) is 0 Å². The number of hydrogen-bond donors (Lipinski definition) is 2. The highest BCUT2D eigenvalue weighted by atomic mass is 15.1. The van der Waals surface area contributed by atoms with Gasteiger partial charge in [-0.1, -0.05) is 76.9 Å². The Morgan fingerprint density at radius 1 is 0.923 bits per heavy atom. The summed E-state index contributed by atoms with van der Waals surface area (Å²) < 4.78 is 0. The first-order valence-corrected chi connectivity index (χ1v) is 11.4. The normalized spacial score (nSPS) is 18.3. The van der Waals surface area contributed by atoms with E-state index >= 15 is 0 Å². The molecule has 1 aliphatic heterocycles. The van der Waals surface area contributed by atoms with Crippen molar-refractivity contribution in [2.75, 3.05) is 6.54 Å². The second kappa shape index (κ2) is 16.4. The number of nitrogens with one attached hydrogen (secondary N) is 1. The second-order valence-electron chi connectivity index (χ2n) is 8.07. The van der Waals surface area contributed by atoms with Crippen LogP contribution in [0.3, 0.4) is 0 Å². The molecule has 152 valence electrons. The fraction of sp³-hybridized carbons (Fsp3) is 0.870. The van der Waals surface area contributed by atoms with Crippen LogP contribution in [-0.4, -0.2) is 24.5 Å². The Labute approximate surface area is 163 Å². The molecule has 2 unspecified atom stereocenters. The highest BCUT2D eigenvalue weighted by Gasteiger charge is 2.19. The van der Waals surface area contributed by atoms with E-state index in [1.165, 1.54) is 95.7 Å². The number of amidine groups is 1. The lowest BCUT2D eigenvalue weighted by Gasteiger charge is -2.08. The zero-order valence-corrected chi connectivity index (χ0v) is 17.6. The Morgan fingerprint density at radius 2 is 1.46 bits per heavy atom. The summed E-state index contributed by atoms with van der Waals surface area (Å²) in [4.78, 5) is 4.67. The lowest BCUT2D eigenvalue weighted by Crippen LogP contribution is -2.33. The van der Waals surface area contributed by atoms with Crippen LogP contribution in [0.2, 0.25) is 0 Å². The van der Waals surface area contributed by atoms with Crippen molar-refractivity contribution in [2.45, 2.75) is 122 Å². The first-order chi connectivity index (χ1) is 12.7. The fourth-order valence-electron chi connectivity index (χ4n) is 3.51. The van der Waals surface area contributed by atoms with E-state index in [0.29, 0.717) is 6.04 Å². The molecular weight excluding hydrogens is 318 g/mol. The van der Waals surface area contributed by atoms with Gasteiger partial charge in [-0.3, -0.25) is 4.99 Å².